The largest absolute Gasteiger partial charge is 0.376 e. The van der Waals surface area contributed by atoms with Crippen molar-refractivity contribution in [2.45, 2.75) is 70.6 Å². The van der Waals surface area contributed by atoms with Gasteiger partial charge in [-0.05, 0) is 56.6 Å². The molecule has 0 aromatic carbocycles. The van der Waals surface area contributed by atoms with E-state index in [2.05, 4.69) is 29.3 Å². The van der Waals surface area contributed by atoms with Crippen molar-refractivity contribution in [2.24, 2.45) is 23.5 Å². The summed E-state index contributed by atoms with van der Waals surface area (Å²) in [5.74, 6) is 2.07. The first-order valence-corrected chi connectivity index (χ1v) is 11.6. The lowest BCUT2D eigenvalue weighted by Crippen LogP contribution is -2.61. The van der Waals surface area contributed by atoms with Crippen molar-refractivity contribution in [3.05, 3.63) is 0 Å². The maximum atomic E-state index is 12.9. The highest BCUT2D eigenvalue weighted by atomic mass is 32.2. The molecule has 1 aliphatic carbocycles. The first-order valence-electron chi connectivity index (χ1n) is 10.5. The van der Waals surface area contributed by atoms with Gasteiger partial charge in [0, 0.05) is 25.7 Å². The highest BCUT2D eigenvalue weighted by molar-refractivity contribution is 7.96. The topological polar surface area (TPSA) is 58.8 Å². The quantitative estimate of drug-likeness (QED) is 0.715. The molecule has 2 atom stereocenters. The summed E-state index contributed by atoms with van der Waals surface area (Å²) in [6.07, 6.45) is 9.30. The standard InChI is InChI=1S/C20H37N3O2S/c1-14(2)15-6-8-17(9-7-15)25-13-19-18(21)5-4-10-23(19)20(24)16-11-22(12-16)26-3/h14-19H,4-13,21H2,1-3H3/t15-,17+,18-,19-/m0/s1. The van der Waals surface area contributed by atoms with Gasteiger partial charge in [-0.3, -0.25) is 4.79 Å². The Hall–Kier alpha value is -0.300. The van der Waals surface area contributed by atoms with Gasteiger partial charge in [-0.1, -0.05) is 25.8 Å². The summed E-state index contributed by atoms with van der Waals surface area (Å²) in [7, 11) is 0. The van der Waals surface area contributed by atoms with Crippen LogP contribution in [0.25, 0.3) is 0 Å². The van der Waals surface area contributed by atoms with Crippen LogP contribution in [0.15, 0.2) is 0 Å². The third kappa shape index (κ3) is 4.75. The maximum absolute atomic E-state index is 12.9. The molecule has 150 valence electrons. The van der Waals surface area contributed by atoms with Gasteiger partial charge in [0.05, 0.1) is 24.7 Å². The third-order valence-corrected chi connectivity index (χ3v) is 7.55. The number of hydrogen-bond donors (Lipinski definition) is 1. The Kier molecular flexibility index (Phi) is 7.28. The molecule has 0 aromatic heterocycles. The van der Waals surface area contributed by atoms with Crippen molar-refractivity contribution in [1.82, 2.24) is 9.21 Å². The molecule has 0 unspecified atom stereocenters. The minimum atomic E-state index is 0.0523. The van der Waals surface area contributed by atoms with Gasteiger partial charge in [-0.15, -0.1) is 0 Å². The first kappa shape index (κ1) is 20.4. The minimum Gasteiger partial charge on any atom is -0.376 e. The smallest absolute Gasteiger partial charge is 0.228 e. The van der Waals surface area contributed by atoms with Crippen molar-refractivity contribution in [3.8, 4) is 0 Å². The normalized spacial score (nSPS) is 34.1. The van der Waals surface area contributed by atoms with Crippen LogP contribution in [-0.2, 0) is 9.53 Å². The average molecular weight is 384 g/mol. The van der Waals surface area contributed by atoms with E-state index in [4.69, 9.17) is 10.5 Å². The van der Waals surface area contributed by atoms with Crippen molar-refractivity contribution < 1.29 is 9.53 Å². The Labute approximate surface area is 163 Å². The number of likely N-dealkylation sites (tertiary alicyclic amines) is 1. The molecule has 0 spiro atoms. The van der Waals surface area contributed by atoms with Crippen LogP contribution in [0.4, 0.5) is 0 Å². The second kappa shape index (κ2) is 9.26. The number of piperidine rings is 1. The number of nitrogens with zero attached hydrogens (tertiary/aromatic N) is 2. The second-order valence-electron chi connectivity index (χ2n) is 8.75. The Morgan fingerprint density at radius 2 is 1.88 bits per heavy atom. The summed E-state index contributed by atoms with van der Waals surface area (Å²) in [6, 6.07) is 0.110. The van der Waals surface area contributed by atoms with Crippen LogP contribution < -0.4 is 5.73 Å². The van der Waals surface area contributed by atoms with E-state index in [1.165, 1.54) is 12.8 Å². The van der Waals surface area contributed by atoms with Gasteiger partial charge in [0.2, 0.25) is 5.91 Å². The van der Waals surface area contributed by atoms with Crippen LogP contribution in [0.3, 0.4) is 0 Å². The number of carbonyl (C=O) groups excluding carboxylic acids is 1. The molecular formula is C20H37N3O2S. The van der Waals surface area contributed by atoms with Crippen LogP contribution in [-0.4, -0.2) is 65.8 Å². The summed E-state index contributed by atoms with van der Waals surface area (Å²) in [5, 5.41) is 0. The van der Waals surface area contributed by atoms with Crippen LogP contribution in [0, 0.1) is 17.8 Å². The van der Waals surface area contributed by atoms with Gasteiger partial charge in [-0.25, -0.2) is 4.31 Å². The predicted octanol–water partition coefficient (Wildman–Crippen LogP) is 2.75. The molecule has 3 fully saturated rings. The molecule has 5 nitrogen and oxygen atoms in total. The molecule has 2 heterocycles. The number of hydrogen-bond acceptors (Lipinski definition) is 5. The highest BCUT2D eigenvalue weighted by Gasteiger charge is 2.40. The van der Waals surface area contributed by atoms with E-state index in [0.29, 0.717) is 18.6 Å². The van der Waals surface area contributed by atoms with Crippen molar-refractivity contribution >= 4 is 17.9 Å². The molecule has 0 bridgehead atoms. The monoisotopic (exact) mass is 383 g/mol. The molecule has 3 rings (SSSR count). The summed E-state index contributed by atoms with van der Waals surface area (Å²) >= 11 is 1.73. The van der Waals surface area contributed by atoms with E-state index in [9.17, 15) is 4.79 Å². The maximum Gasteiger partial charge on any atom is 0.228 e. The SMILES string of the molecule is CSN1CC(C(=O)N2CCC[C@H](N)[C@@H]2CO[C@H]2CC[C@@H](C(C)C)CC2)C1. The molecule has 6 heteroatoms. The Balaban J connectivity index is 1.50. The van der Waals surface area contributed by atoms with E-state index in [1.54, 1.807) is 11.9 Å². The van der Waals surface area contributed by atoms with Crippen LogP contribution >= 0.6 is 11.9 Å². The molecule has 1 amide bonds. The lowest BCUT2D eigenvalue weighted by molar-refractivity contribution is -0.146. The van der Waals surface area contributed by atoms with Gasteiger partial charge >= 0.3 is 0 Å². The zero-order chi connectivity index (χ0) is 18.7. The lowest BCUT2D eigenvalue weighted by Gasteiger charge is -2.45. The molecule has 2 N–H and O–H groups in total. The number of nitrogens with two attached hydrogens (primary N) is 1. The fourth-order valence-electron chi connectivity index (χ4n) is 4.71. The number of amides is 1. The molecule has 2 saturated heterocycles. The average Bonchev–Trinajstić information content (AvgIpc) is 2.59. The Morgan fingerprint density at radius 1 is 1.19 bits per heavy atom. The summed E-state index contributed by atoms with van der Waals surface area (Å²) in [5.41, 5.74) is 6.41. The van der Waals surface area contributed by atoms with Crippen LogP contribution in [0.2, 0.25) is 0 Å². The van der Waals surface area contributed by atoms with Gasteiger partial charge in [0.25, 0.3) is 0 Å². The zero-order valence-corrected chi connectivity index (χ0v) is 17.5. The van der Waals surface area contributed by atoms with Crippen molar-refractivity contribution in [2.75, 3.05) is 32.5 Å². The minimum absolute atomic E-state index is 0.0523. The first-order chi connectivity index (χ1) is 12.5. The van der Waals surface area contributed by atoms with Crippen molar-refractivity contribution in [3.63, 3.8) is 0 Å². The summed E-state index contributed by atoms with van der Waals surface area (Å²) < 4.78 is 8.53. The molecule has 0 aromatic rings. The van der Waals surface area contributed by atoms with E-state index in [-0.39, 0.29) is 18.0 Å². The Morgan fingerprint density at radius 3 is 2.50 bits per heavy atom. The van der Waals surface area contributed by atoms with Crippen LogP contribution in [0.5, 0.6) is 0 Å². The Bertz CT molecular complexity index is 462. The second-order valence-corrected chi connectivity index (χ2v) is 9.63. The van der Waals surface area contributed by atoms with E-state index >= 15 is 0 Å². The van der Waals surface area contributed by atoms with Gasteiger partial charge in [0.15, 0.2) is 0 Å². The fourth-order valence-corrected chi connectivity index (χ4v) is 5.37. The number of ether oxygens (including phenoxy) is 1. The number of carbonyl (C=O) groups is 1. The van der Waals surface area contributed by atoms with E-state index < -0.39 is 0 Å². The molecule has 2 aliphatic heterocycles. The zero-order valence-electron chi connectivity index (χ0n) is 16.7. The van der Waals surface area contributed by atoms with Gasteiger partial charge in [0.1, 0.15) is 0 Å². The predicted molar refractivity (Wildman–Crippen MR) is 108 cm³/mol. The lowest BCUT2D eigenvalue weighted by atomic mass is 9.80. The van der Waals surface area contributed by atoms with Crippen LogP contribution in [0.1, 0.15) is 52.4 Å². The van der Waals surface area contributed by atoms with E-state index in [0.717, 1.165) is 57.2 Å². The number of rotatable bonds is 6. The molecule has 26 heavy (non-hydrogen) atoms. The molecule has 0 radical (unpaired) electrons. The molecule has 1 saturated carbocycles. The van der Waals surface area contributed by atoms with Gasteiger partial charge < -0.3 is 15.4 Å². The third-order valence-electron chi connectivity index (χ3n) is 6.73. The summed E-state index contributed by atoms with van der Waals surface area (Å²) in [6.45, 7) is 7.86. The van der Waals surface area contributed by atoms with Gasteiger partial charge in [-0.2, -0.15) is 0 Å². The summed E-state index contributed by atoms with van der Waals surface area (Å²) in [4.78, 5) is 15.0. The van der Waals surface area contributed by atoms with Crippen molar-refractivity contribution in [1.29, 1.82) is 0 Å². The van der Waals surface area contributed by atoms with E-state index in [1.807, 2.05) is 0 Å². The molecule has 3 aliphatic rings. The fraction of sp³-hybridized carbons (Fsp3) is 0.950. The molecular weight excluding hydrogens is 346 g/mol. The highest BCUT2D eigenvalue weighted by Crippen LogP contribution is 2.32.